The van der Waals surface area contributed by atoms with Gasteiger partial charge in [-0.05, 0) is 19.1 Å². The average Bonchev–Trinajstić information content (AvgIpc) is 2.70. The van der Waals surface area contributed by atoms with Crippen molar-refractivity contribution in [1.82, 2.24) is 4.90 Å². The van der Waals surface area contributed by atoms with Gasteiger partial charge in [-0.3, -0.25) is 9.79 Å². The lowest BCUT2D eigenvalue weighted by Crippen LogP contribution is -2.36. The van der Waals surface area contributed by atoms with E-state index >= 15 is 0 Å². The molecular formula is C12H13Cl2N3O. The summed E-state index contributed by atoms with van der Waals surface area (Å²) in [6.07, 6.45) is 0. The highest BCUT2D eigenvalue weighted by molar-refractivity contribution is 6.39. The molecule has 4 nitrogen and oxygen atoms in total. The van der Waals surface area contributed by atoms with Crippen LogP contribution in [0.5, 0.6) is 0 Å². The van der Waals surface area contributed by atoms with Crippen molar-refractivity contribution in [2.24, 2.45) is 4.99 Å². The molecule has 0 aromatic heterocycles. The number of guanidine groups is 1. The Hall–Kier alpha value is -1.26. The summed E-state index contributed by atoms with van der Waals surface area (Å²) in [5.74, 6) is 0.733. The third kappa shape index (κ3) is 2.94. The zero-order valence-electron chi connectivity index (χ0n) is 9.91. The van der Waals surface area contributed by atoms with Crippen molar-refractivity contribution in [1.29, 1.82) is 0 Å². The number of nitrogens with zero attached hydrogens (tertiary/aromatic N) is 2. The van der Waals surface area contributed by atoms with Crippen molar-refractivity contribution in [3.8, 4) is 0 Å². The highest BCUT2D eigenvalue weighted by Gasteiger charge is 2.19. The molecule has 1 heterocycles. The Morgan fingerprint density at radius 1 is 1.44 bits per heavy atom. The van der Waals surface area contributed by atoms with Crippen LogP contribution in [-0.4, -0.2) is 36.3 Å². The summed E-state index contributed by atoms with van der Waals surface area (Å²) in [5, 5.41) is 4.15. The summed E-state index contributed by atoms with van der Waals surface area (Å²) in [6.45, 7) is 3.29. The van der Waals surface area contributed by atoms with E-state index in [1.54, 1.807) is 25.1 Å². The van der Waals surface area contributed by atoms with Gasteiger partial charge < -0.3 is 10.2 Å². The first-order valence-electron chi connectivity index (χ1n) is 5.58. The fraction of sp³-hybridized carbons (Fsp3) is 0.333. The molecule has 0 saturated carbocycles. The molecule has 0 radical (unpaired) electrons. The number of para-hydroxylation sites is 1. The number of carbonyl (C=O) groups excluding carboxylic acids is 1. The number of benzene rings is 1. The second kappa shape index (κ2) is 5.59. The lowest BCUT2D eigenvalue weighted by atomic mass is 10.3. The maximum Gasteiger partial charge on any atom is 0.199 e. The number of hydrogen-bond acceptors (Lipinski definition) is 4. The molecule has 0 fully saturated rings. The molecule has 2 rings (SSSR count). The molecule has 0 spiro atoms. The molecule has 18 heavy (non-hydrogen) atoms. The van der Waals surface area contributed by atoms with Crippen LogP contribution in [0.2, 0.25) is 10.0 Å². The van der Waals surface area contributed by atoms with Gasteiger partial charge in [-0.15, -0.1) is 0 Å². The zero-order valence-corrected chi connectivity index (χ0v) is 11.4. The zero-order chi connectivity index (χ0) is 13.1. The van der Waals surface area contributed by atoms with Crippen LogP contribution in [0.15, 0.2) is 23.2 Å². The van der Waals surface area contributed by atoms with Crippen molar-refractivity contribution in [2.75, 3.05) is 25.0 Å². The Balaban J connectivity index is 2.16. The van der Waals surface area contributed by atoms with Crippen LogP contribution in [0.25, 0.3) is 0 Å². The van der Waals surface area contributed by atoms with E-state index in [1.165, 1.54) is 0 Å². The first kappa shape index (κ1) is 13.2. The van der Waals surface area contributed by atoms with Gasteiger partial charge >= 0.3 is 0 Å². The third-order valence-electron chi connectivity index (χ3n) is 2.54. The van der Waals surface area contributed by atoms with Gasteiger partial charge in [0.05, 0.1) is 28.8 Å². The highest BCUT2D eigenvalue weighted by Crippen LogP contribution is 2.30. The molecule has 0 bridgehead atoms. The van der Waals surface area contributed by atoms with Gasteiger partial charge in [0.25, 0.3) is 0 Å². The molecule has 1 N–H and O–H groups in total. The molecule has 1 aromatic rings. The molecule has 1 aromatic carbocycles. The van der Waals surface area contributed by atoms with Gasteiger partial charge in [-0.1, -0.05) is 29.3 Å². The second-order valence-electron chi connectivity index (χ2n) is 4.05. The number of Topliss-reactive ketones (excluding diaryl/α,β-unsaturated/α-hetero) is 1. The molecule has 0 atom stereocenters. The van der Waals surface area contributed by atoms with E-state index in [1.807, 2.05) is 4.90 Å². The van der Waals surface area contributed by atoms with Gasteiger partial charge in [-0.2, -0.15) is 0 Å². The molecule has 0 amide bonds. The number of ketones is 1. The van der Waals surface area contributed by atoms with Crippen molar-refractivity contribution in [3.63, 3.8) is 0 Å². The molecule has 6 heteroatoms. The normalized spacial score (nSPS) is 14.6. The molecular weight excluding hydrogens is 273 g/mol. The quantitative estimate of drug-likeness (QED) is 0.929. The molecule has 1 aliphatic heterocycles. The largest absolute Gasteiger partial charge is 0.334 e. The maximum atomic E-state index is 11.2. The molecule has 0 aliphatic carbocycles. The Labute approximate surface area is 116 Å². The van der Waals surface area contributed by atoms with Crippen LogP contribution in [0, 0.1) is 0 Å². The predicted octanol–water partition coefficient (Wildman–Crippen LogP) is 2.67. The summed E-state index contributed by atoms with van der Waals surface area (Å²) in [5.41, 5.74) is 0.620. The number of carbonyl (C=O) groups is 1. The van der Waals surface area contributed by atoms with E-state index < -0.39 is 0 Å². The van der Waals surface area contributed by atoms with E-state index in [0.717, 1.165) is 6.54 Å². The van der Waals surface area contributed by atoms with E-state index in [0.29, 0.717) is 34.8 Å². The van der Waals surface area contributed by atoms with Crippen LogP contribution in [0.4, 0.5) is 5.69 Å². The van der Waals surface area contributed by atoms with Gasteiger partial charge in [0.1, 0.15) is 5.78 Å². The van der Waals surface area contributed by atoms with Gasteiger partial charge in [0.15, 0.2) is 5.96 Å². The summed E-state index contributed by atoms with van der Waals surface area (Å²) < 4.78 is 0. The fourth-order valence-corrected chi connectivity index (χ4v) is 2.24. The first-order valence-corrected chi connectivity index (χ1v) is 6.33. The maximum absolute atomic E-state index is 11.2. The minimum atomic E-state index is 0.0941. The van der Waals surface area contributed by atoms with E-state index in [9.17, 15) is 4.79 Å². The Bertz CT molecular complexity index is 482. The van der Waals surface area contributed by atoms with Gasteiger partial charge in [0.2, 0.25) is 0 Å². The van der Waals surface area contributed by atoms with Gasteiger partial charge in [-0.25, -0.2) is 0 Å². The number of anilines is 1. The summed E-state index contributed by atoms with van der Waals surface area (Å²) >= 11 is 12.1. The number of hydrogen-bond donors (Lipinski definition) is 1. The van der Waals surface area contributed by atoms with Crippen molar-refractivity contribution >= 4 is 40.6 Å². The summed E-state index contributed by atoms with van der Waals surface area (Å²) in [6, 6.07) is 5.28. The van der Waals surface area contributed by atoms with Gasteiger partial charge in [0, 0.05) is 6.54 Å². The second-order valence-corrected chi connectivity index (χ2v) is 4.86. The van der Waals surface area contributed by atoms with Crippen molar-refractivity contribution in [2.45, 2.75) is 6.92 Å². The van der Waals surface area contributed by atoms with Crippen molar-refractivity contribution < 1.29 is 4.79 Å². The summed E-state index contributed by atoms with van der Waals surface area (Å²) in [4.78, 5) is 17.3. The predicted molar refractivity (Wildman–Crippen MR) is 74.6 cm³/mol. The molecule has 1 aliphatic rings. The number of halogens is 2. The molecule has 0 unspecified atom stereocenters. The van der Waals surface area contributed by atoms with E-state index in [4.69, 9.17) is 23.2 Å². The Morgan fingerprint density at radius 2 is 2.11 bits per heavy atom. The smallest absolute Gasteiger partial charge is 0.199 e. The number of nitrogens with one attached hydrogen (secondary N) is 1. The van der Waals surface area contributed by atoms with Crippen LogP contribution in [-0.2, 0) is 4.79 Å². The van der Waals surface area contributed by atoms with E-state index in [-0.39, 0.29) is 5.78 Å². The first-order chi connectivity index (χ1) is 8.58. The minimum Gasteiger partial charge on any atom is -0.334 e. The van der Waals surface area contributed by atoms with E-state index in [2.05, 4.69) is 10.3 Å². The van der Waals surface area contributed by atoms with Crippen LogP contribution in [0.3, 0.4) is 0 Å². The van der Waals surface area contributed by atoms with Crippen LogP contribution in [0.1, 0.15) is 6.92 Å². The highest BCUT2D eigenvalue weighted by atomic mass is 35.5. The Morgan fingerprint density at radius 3 is 2.72 bits per heavy atom. The summed E-state index contributed by atoms with van der Waals surface area (Å²) in [7, 11) is 0. The lowest BCUT2D eigenvalue weighted by Gasteiger charge is -2.20. The number of aliphatic imine (C=N–C) groups is 1. The van der Waals surface area contributed by atoms with Crippen molar-refractivity contribution in [3.05, 3.63) is 28.2 Å². The lowest BCUT2D eigenvalue weighted by molar-refractivity contribution is -0.117. The molecule has 0 saturated heterocycles. The standard InChI is InChI=1S/C12H13Cl2N3O/c1-8(18)7-17-6-5-15-12(17)16-11-9(13)3-2-4-10(11)14/h2-4H,5-7H2,1H3,(H,15,16). The van der Waals surface area contributed by atoms with Crippen LogP contribution >= 0.6 is 23.2 Å². The Kier molecular flexibility index (Phi) is 4.09. The topological polar surface area (TPSA) is 44.7 Å². The third-order valence-corrected chi connectivity index (χ3v) is 3.17. The monoisotopic (exact) mass is 285 g/mol. The van der Waals surface area contributed by atoms with Crippen LogP contribution < -0.4 is 5.32 Å². The molecule has 96 valence electrons. The minimum absolute atomic E-state index is 0.0941. The average molecular weight is 286 g/mol. The number of rotatable bonds is 3. The SMILES string of the molecule is CC(=O)CN1CCN=C1Nc1c(Cl)cccc1Cl. The fourth-order valence-electron chi connectivity index (χ4n) is 1.75.